The van der Waals surface area contributed by atoms with Crippen molar-refractivity contribution in [2.75, 3.05) is 23.5 Å². The molecule has 0 aromatic heterocycles. The van der Waals surface area contributed by atoms with Crippen molar-refractivity contribution >= 4 is 27.5 Å². The molecule has 0 spiro atoms. The summed E-state index contributed by atoms with van der Waals surface area (Å²) in [6.45, 7) is 4.81. The van der Waals surface area contributed by atoms with Gasteiger partial charge in [0.25, 0.3) is 5.91 Å². The number of halogens is 1. The number of ether oxygens (including phenoxy) is 1. The number of benzene rings is 1. The van der Waals surface area contributed by atoms with Crippen molar-refractivity contribution in [3.8, 4) is 5.75 Å². The zero-order valence-electron chi connectivity index (χ0n) is 10.6. The Labute approximate surface area is 115 Å². The van der Waals surface area contributed by atoms with E-state index in [2.05, 4.69) is 29.8 Å². The lowest BCUT2D eigenvalue weighted by molar-refractivity contribution is -0.121. The first-order valence-electron chi connectivity index (χ1n) is 5.83. The summed E-state index contributed by atoms with van der Waals surface area (Å²) in [4.78, 5) is 13.4. The molecule has 4 nitrogen and oxygen atoms in total. The lowest BCUT2D eigenvalue weighted by Gasteiger charge is -2.30. The molecule has 0 aliphatic carbocycles. The van der Waals surface area contributed by atoms with Gasteiger partial charge in [-0.25, -0.2) is 0 Å². The Bertz CT molecular complexity index is 474. The molecular formula is C13H17BrN2O2. The van der Waals surface area contributed by atoms with Crippen LogP contribution in [0.1, 0.15) is 19.4 Å². The zero-order valence-corrected chi connectivity index (χ0v) is 12.2. The summed E-state index contributed by atoms with van der Waals surface area (Å²) in [6, 6.07) is 5.90. The van der Waals surface area contributed by atoms with Crippen LogP contribution >= 0.6 is 15.9 Å². The van der Waals surface area contributed by atoms with Crippen LogP contribution in [0.25, 0.3) is 0 Å². The van der Waals surface area contributed by atoms with E-state index in [0.29, 0.717) is 12.0 Å². The van der Waals surface area contributed by atoms with Crippen molar-refractivity contribution in [2.45, 2.75) is 19.3 Å². The molecule has 0 fully saturated rings. The Morgan fingerprint density at radius 1 is 1.50 bits per heavy atom. The third kappa shape index (κ3) is 2.24. The monoisotopic (exact) mass is 312 g/mol. The van der Waals surface area contributed by atoms with Crippen molar-refractivity contribution in [2.24, 2.45) is 5.73 Å². The number of carbonyl (C=O) groups excluding carboxylic acids is 1. The van der Waals surface area contributed by atoms with Crippen molar-refractivity contribution in [3.05, 3.63) is 23.8 Å². The molecule has 5 heteroatoms. The summed E-state index contributed by atoms with van der Waals surface area (Å²) in [5.74, 6) is 0.702. The third-order valence-corrected chi connectivity index (χ3v) is 3.81. The standard InChI is InChI=1S/C13H17BrN2O2/c1-13(2,7-15)9-3-4-11-10(5-9)16(8-14)12(17)6-18-11/h3-5H,6-8,15H2,1-2H3. The summed E-state index contributed by atoms with van der Waals surface area (Å²) in [7, 11) is 0. The van der Waals surface area contributed by atoms with Gasteiger partial charge >= 0.3 is 0 Å². The summed E-state index contributed by atoms with van der Waals surface area (Å²) in [5.41, 5.74) is 8.05. The van der Waals surface area contributed by atoms with E-state index in [9.17, 15) is 4.79 Å². The molecule has 1 aromatic rings. The number of carbonyl (C=O) groups is 1. The molecule has 2 rings (SSSR count). The van der Waals surface area contributed by atoms with Gasteiger partial charge in [0.1, 0.15) is 5.75 Å². The fourth-order valence-electron chi connectivity index (χ4n) is 1.87. The van der Waals surface area contributed by atoms with Gasteiger partial charge in [0.05, 0.1) is 11.1 Å². The highest BCUT2D eigenvalue weighted by molar-refractivity contribution is 9.09. The Balaban J connectivity index is 2.47. The predicted octanol–water partition coefficient (Wildman–Crippen LogP) is 2.00. The van der Waals surface area contributed by atoms with E-state index in [1.165, 1.54) is 0 Å². The highest BCUT2D eigenvalue weighted by Crippen LogP contribution is 2.36. The van der Waals surface area contributed by atoms with Crippen LogP contribution in [0.5, 0.6) is 5.75 Å². The minimum atomic E-state index is -0.118. The molecule has 1 aliphatic rings. The Morgan fingerprint density at radius 3 is 2.83 bits per heavy atom. The minimum absolute atomic E-state index is 0.0397. The summed E-state index contributed by atoms with van der Waals surface area (Å²) < 4.78 is 5.43. The molecule has 0 radical (unpaired) electrons. The molecule has 0 saturated heterocycles. The average Bonchev–Trinajstić information content (AvgIpc) is 2.38. The predicted molar refractivity (Wildman–Crippen MR) is 75.3 cm³/mol. The first-order chi connectivity index (χ1) is 8.49. The van der Waals surface area contributed by atoms with Gasteiger partial charge in [-0.05, 0) is 17.7 Å². The van der Waals surface area contributed by atoms with Gasteiger partial charge < -0.3 is 10.5 Å². The Kier molecular flexibility index (Phi) is 3.64. The number of nitrogens with zero attached hydrogens (tertiary/aromatic N) is 1. The number of nitrogens with two attached hydrogens (primary N) is 1. The molecule has 0 saturated carbocycles. The van der Waals surface area contributed by atoms with Crippen molar-refractivity contribution < 1.29 is 9.53 Å². The third-order valence-electron chi connectivity index (χ3n) is 3.31. The van der Waals surface area contributed by atoms with E-state index < -0.39 is 0 Å². The van der Waals surface area contributed by atoms with Gasteiger partial charge in [0, 0.05) is 12.0 Å². The molecule has 0 atom stereocenters. The van der Waals surface area contributed by atoms with Crippen molar-refractivity contribution in [1.29, 1.82) is 0 Å². The number of fused-ring (bicyclic) bond motifs is 1. The summed E-state index contributed by atoms with van der Waals surface area (Å²) >= 11 is 3.34. The number of hydrogen-bond acceptors (Lipinski definition) is 3. The van der Waals surface area contributed by atoms with E-state index in [-0.39, 0.29) is 17.9 Å². The molecule has 98 valence electrons. The highest BCUT2D eigenvalue weighted by Gasteiger charge is 2.27. The molecule has 0 unspecified atom stereocenters. The molecule has 18 heavy (non-hydrogen) atoms. The van der Waals surface area contributed by atoms with E-state index in [1.807, 2.05) is 18.2 Å². The van der Waals surface area contributed by atoms with Crippen LogP contribution in [0.4, 0.5) is 5.69 Å². The second-order valence-electron chi connectivity index (χ2n) is 5.00. The van der Waals surface area contributed by atoms with Crippen molar-refractivity contribution in [1.82, 2.24) is 0 Å². The number of anilines is 1. The maximum absolute atomic E-state index is 11.8. The van der Waals surface area contributed by atoms with Gasteiger partial charge in [0.2, 0.25) is 0 Å². The normalized spacial score (nSPS) is 15.3. The fourth-order valence-corrected chi connectivity index (χ4v) is 2.42. The maximum atomic E-state index is 11.8. The van der Waals surface area contributed by atoms with Gasteiger partial charge in [-0.1, -0.05) is 35.8 Å². The van der Waals surface area contributed by atoms with Crippen molar-refractivity contribution in [3.63, 3.8) is 0 Å². The molecule has 2 N–H and O–H groups in total. The van der Waals surface area contributed by atoms with E-state index >= 15 is 0 Å². The largest absolute Gasteiger partial charge is 0.482 e. The number of rotatable bonds is 3. The summed E-state index contributed by atoms with van der Waals surface area (Å²) in [5, 5.41) is 0. The number of hydrogen-bond donors (Lipinski definition) is 1. The second-order valence-corrected chi connectivity index (χ2v) is 5.50. The first-order valence-corrected chi connectivity index (χ1v) is 6.95. The molecular weight excluding hydrogens is 296 g/mol. The molecule has 1 amide bonds. The average molecular weight is 313 g/mol. The SMILES string of the molecule is CC(C)(CN)c1ccc2c(c1)N(CBr)C(=O)CO2. The quantitative estimate of drug-likeness (QED) is 0.686. The zero-order chi connectivity index (χ0) is 13.3. The lowest BCUT2D eigenvalue weighted by Crippen LogP contribution is -2.38. The first kappa shape index (κ1) is 13.4. The lowest BCUT2D eigenvalue weighted by atomic mass is 9.84. The smallest absolute Gasteiger partial charge is 0.265 e. The molecule has 1 aliphatic heterocycles. The topological polar surface area (TPSA) is 55.6 Å². The fraction of sp³-hybridized carbons (Fsp3) is 0.462. The van der Waals surface area contributed by atoms with E-state index in [0.717, 1.165) is 17.0 Å². The van der Waals surface area contributed by atoms with Crippen LogP contribution in [-0.2, 0) is 10.2 Å². The van der Waals surface area contributed by atoms with Gasteiger partial charge in [0.15, 0.2) is 6.61 Å². The Hall–Kier alpha value is -1.07. The van der Waals surface area contributed by atoms with Crippen LogP contribution in [0.15, 0.2) is 18.2 Å². The van der Waals surface area contributed by atoms with Crippen LogP contribution in [0.2, 0.25) is 0 Å². The minimum Gasteiger partial charge on any atom is -0.482 e. The van der Waals surface area contributed by atoms with Crippen LogP contribution in [0, 0.1) is 0 Å². The molecule has 0 bridgehead atoms. The van der Waals surface area contributed by atoms with Gasteiger partial charge in [-0.2, -0.15) is 0 Å². The number of amides is 1. The van der Waals surface area contributed by atoms with Crippen LogP contribution in [-0.4, -0.2) is 24.5 Å². The van der Waals surface area contributed by atoms with E-state index in [1.54, 1.807) is 4.90 Å². The molecule has 1 aromatic carbocycles. The van der Waals surface area contributed by atoms with Crippen LogP contribution < -0.4 is 15.4 Å². The van der Waals surface area contributed by atoms with Gasteiger partial charge in [-0.3, -0.25) is 9.69 Å². The molecule has 1 heterocycles. The highest BCUT2D eigenvalue weighted by atomic mass is 79.9. The van der Waals surface area contributed by atoms with Crippen LogP contribution in [0.3, 0.4) is 0 Å². The van der Waals surface area contributed by atoms with E-state index in [4.69, 9.17) is 10.5 Å². The Morgan fingerprint density at radius 2 is 2.22 bits per heavy atom. The van der Waals surface area contributed by atoms with Gasteiger partial charge in [-0.15, -0.1) is 0 Å². The number of alkyl halides is 1. The summed E-state index contributed by atoms with van der Waals surface area (Å²) in [6.07, 6.45) is 0. The second kappa shape index (κ2) is 4.90. The maximum Gasteiger partial charge on any atom is 0.265 e.